The number of carbonyl (C=O) groups is 1. The van der Waals surface area contributed by atoms with Gasteiger partial charge in [0.25, 0.3) is 5.91 Å². The van der Waals surface area contributed by atoms with Crippen molar-refractivity contribution in [2.75, 3.05) is 32.5 Å². The maximum atomic E-state index is 12.3. The minimum atomic E-state index is -0.0608. The summed E-state index contributed by atoms with van der Waals surface area (Å²) in [7, 11) is 4.25. The van der Waals surface area contributed by atoms with Crippen molar-refractivity contribution in [3.63, 3.8) is 0 Å². The van der Waals surface area contributed by atoms with E-state index in [1.165, 1.54) is 10.5 Å². The fourth-order valence-corrected chi connectivity index (χ4v) is 2.24. The first-order valence-corrected chi connectivity index (χ1v) is 7.97. The van der Waals surface area contributed by atoms with E-state index in [0.717, 1.165) is 25.2 Å². The number of nitrogens with one attached hydrogen (secondary N) is 2. The molecule has 4 heteroatoms. The summed E-state index contributed by atoms with van der Waals surface area (Å²) in [6.45, 7) is 8.35. The monoisotopic (exact) mass is 293 g/mol. The summed E-state index contributed by atoms with van der Waals surface area (Å²) in [6.07, 6.45) is 1.07. The second-order valence-corrected chi connectivity index (χ2v) is 6.16. The van der Waals surface area contributed by atoms with Gasteiger partial charge in [-0.3, -0.25) is 4.79 Å². The third-order valence-electron chi connectivity index (χ3n) is 3.94. The molecule has 0 aromatic heterocycles. The molecule has 1 aromatic rings. The topological polar surface area (TPSA) is 50.1 Å². The summed E-state index contributed by atoms with van der Waals surface area (Å²) < 4.78 is 0. The van der Waals surface area contributed by atoms with Crippen LogP contribution in [0.1, 0.15) is 38.7 Å². The van der Waals surface area contributed by atoms with E-state index in [4.69, 9.17) is 0 Å². The largest absolute Gasteiger partial charge is 0.335 e. The number of hydrogen-bond acceptors (Lipinski definition) is 1. The molecule has 0 aliphatic heterocycles. The first-order chi connectivity index (χ1) is 9.95. The van der Waals surface area contributed by atoms with Gasteiger partial charge in [0.2, 0.25) is 0 Å². The fraction of sp³-hybridized carbons (Fsp3) is 0.588. The Morgan fingerprint density at radius 3 is 2.57 bits per heavy atom. The van der Waals surface area contributed by atoms with Crippen molar-refractivity contribution in [1.29, 1.82) is 0 Å². The highest BCUT2D eigenvalue weighted by Crippen LogP contribution is 2.26. The number of para-hydroxylation sites is 1. The van der Waals surface area contributed by atoms with Gasteiger partial charge in [-0.2, -0.15) is 0 Å². The van der Waals surface area contributed by atoms with Gasteiger partial charge < -0.3 is 15.5 Å². The predicted molar refractivity (Wildman–Crippen MR) is 87.7 cm³/mol. The zero-order chi connectivity index (χ0) is 15.8. The number of benzene rings is 1. The van der Waals surface area contributed by atoms with Crippen LogP contribution in [0.15, 0.2) is 24.3 Å². The van der Waals surface area contributed by atoms with Crippen molar-refractivity contribution in [2.24, 2.45) is 0 Å². The molecule has 0 saturated heterocycles. The Kier molecular flexibility index (Phi) is 7.40. The molecule has 21 heavy (non-hydrogen) atoms. The molecule has 0 heterocycles. The molecule has 2 atom stereocenters. The standard InChI is InChI=1S/C17H29N3O/c1-6-13(2)15-9-7-8-10-16(15)19-17(21)14(3)18-11-12-20(4)5/h7-10,13-14,18H,6,11-12H2,1-5H3,(H,19,21)/p+2/t13-,14-/m0/s1. The van der Waals surface area contributed by atoms with E-state index in [2.05, 4.69) is 44.6 Å². The van der Waals surface area contributed by atoms with Gasteiger partial charge in [-0.05, 0) is 30.9 Å². The first-order valence-electron chi connectivity index (χ1n) is 7.97. The first kappa shape index (κ1) is 17.7. The van der Waals surface area contributed by atoms with Gasteiger partial charge in [-0.15, -0.1) is 0 Å². The molecule has 0 aliphatic carbocycles. The van der Waals surface area contributed by atoms with Crippen molar-refractivity contribution < 1.29 is 15.0 Å². The summed E-state index contributed by atoms with van der Waals surface area (Å²) in [5.74, 6) is 0.539. The van der Waals surface area contributed by atoms with E-state index in [-0.39, 0.29) is 11.9 Å². The van der Waals surface area contributed by atoms with Crippen LogP contribution in [0.3, 0.4) is 0 Å². The van der Waals surface area contributed by atoms with Crippen molar-refractivity contribution in [1.82, 2.24) is 0 Å². The summed E-state index contributed by atoms with van der Waals surface area (Å²) >= 11 is 0. The Labute approximate surface area is 128 Å². The highest BCUT2D eigenvalue weighted by molar-refractivity contribution is 5.94. The maximum Gasteiger partial charge on any atom is 0.282 e. The Hall–Kier alpha value is -1.39. The fourth-order valence-electron chi connectivity index (χ4n) is 2.24. The zero-order valence-electron chi connectivity index (χ0n) is 14.1. The summed E-state index contributed by atoms with van der Waals surface area (Å²) in [4.78, 5) is 13.7. The van der Waals surface area contributed by atoms with Gasteiger partial charge in [0.1, 0.15) is 13.1 Å². The van der Waals surface area contributed by atoms with E-state index < -0.39 is 0 Å². The molecule has 0 aliphatic rings. The number of amides is 1. The molecular formula is C17H31N3O+2. The van der Waals surface area contributed by atoms with Crippen molar-refractivity contribution in [3.05, 3.63) is 29.8 Å². The molecular weight excluding hydrogens is 262 g/mol. The molecule has 1 rings (SSSR count). The number of likely N-dealkylation sites (N-methyl/N-ethyl adjacent to an activating group) is 1. The molecule has 4 nitrogen and oxygen atoms in total. The van der Waals surface area contributed by atoms with Crippen LogP contribution in [-0.4, -0.2) is 39.1 Å². The van der Waals surface area contributed by atoms with E-state index >= 15 is 0 Å². The summed E-state index contributed by atoms with van der Waals surface area (Å²) in [6, 6.07) is 8.05. The number of anilines is 1. The Balaban J connectivity index is 2.62. The normalized spacial score (nSPS) is 14.0. The van der Waals surface area contributed by atoms with Crippen LogP contribution >= 0.6 is 0 Å². The Morgan fingerprint density at radius 1 is 1.29 bits per heavy atom. The predicted octanol–water partition coefficient (Wildman–Crippen LogP) is 0.235. The smallest absolute Gasteiger partial charge is 0.282 e. The second kappa shape index (κ2) is 8.80. The third kappa shape index (κ3) is 5.86. The SMILES string of the molecule is CC[C@H](C)c1ccccc1NC(=O)[C@H](C)[NH2+]CC[NH+](C)C. The molecule has 0 unspecified atom stereocenters. The van der Waals surface area contributed by atoms with Crippen LogP contribution in [0.5, 0.6) is 0 Å². The molecule has 1 aromatic carbocycles. The highest BCUT2D eigenvalue weighted by atomic mass is 16.2. The molecule has 1 amide bonds. The van der Waals surface area contributed by atoms with Crippen LogP contribution in [0.2, 0.25) is 0 Å². The van der Waals surface area contributed by atoms with Crippen LogP contribution in [0.4, 0.5) is 5.69 Å². The lowest BCUT2D eigenvalue weighted by Crippen LogP contribution is -3.10. The highest BCUT2D eigenvalue weighted by Gasteiger charge is 2.18. The summed E-state index contributed by atoms with van der Waals surface area (Å²) in [5, 5.41) is 5.19. The molecule has 0 radical (unpaired) electrons. The van der Waals surface area contributed by atoms with E-state index in [0.29, 0.717) is 5.92 Å². The lowest BCUT2D eigenvalue weighted by atomic mass is 9.97. The quantitative estimate of drug-likeness (QED) is 0.632. The van der Waals surface area contributed by atoms with Crippen LogP contribution < -0.4 is 15.5 Å². The molecule has 0 fully saturated rings. The van der Waals surface area contributed by atoms with Crippen LogP contribution in [-0.2, 0) is 4.79 Å². The molecule has 0 spiro atoms. The second-order valence-electron chi connectivity index (χ2n) is 6.16. The van der Waals surface area contributed by atoms with E-state index in [1.54, 1.807) is 0 Å². The average molecular weight is 293 g/mol. The number of hydrogen-bond donors (Lipinski definition) is 3. The molecule has 4 N–H and O–H groups in total. The van der Waals surface area contributed by atoms with E-state index in [1.807, 2.05) is 25.1 Å². The van der Waals surface area contributed by atoms with Gasteiger partial charge >= 0.3 is 0 Å². The molecule has 118 valence electrons. The van der Waals surface area contributed by atoms with Crippen molar-refractivity contribution in [2.45, 2.75) is 39.2 Å². The lowest BCUT2D eigenvalue weighted by Gasteiger charge is -2.17. The van der Waals surface area contributed by atoms with Crippen LogP contribution in [0, 0.1) is 0 Å². The number of carbonyl (C=O) groups excluding carboxylic acids is 1. The van der Waals surface area contributed by atoms with Crippen molar-refractivity contribution >= 4 is 11.6 Å². The van der Waals surface area contributed by atoms with Gasteiger partial charge in [0.15, 0.2) is 6.04 Å². The third-order valence-corrected chi connectivity index (χ3v) is 3.94. The minimum Gasteiger partial charge on any atom is -0.335 e. The van der Waals surface area contributed by atoms with Gasteiger partial charge in [0.05, 0.1) is 14.1 Å². The lowest BCUT2D eigenvalue weighted by molar-refractivity contribution is -0.875. The Morgan fingerprint density at radius 2 is 1.95 bits per heavy atom. The summed E-state index contributed by atoms with van der Waals surface area (Å²) in [5.41, 5.74) is 2.17. The molecule has 0 saturated carbocycles. The van der Waals surface area contributed by atoms with Crippen molar-refractivity contribution in [3.8, 4) is 0 Å². The number of quaternary nitrogens is 2. The average Bonchev–Trinajstić information content (AvgIpc) is 2.46. The van der Waals surface area contributed by atoms with Gasteiger partial charge in [0, 0.05) is 5.69 Å². The minimum absolute atomic E-state index is 0.0608. The van der Waals surface area contributed by atoms with Crippen LogP contribution in [0.25, 0.3) is 0 Å². The molecule has 0 bridgehead atoms. The van der Waals surface area contributed by atoms with Gasteiger partial charge in [-0.1, -0.05) is 32.0 Å². The number of rotatable bonds is 8. The number of nitrogens with two attached hydrogens (primary N) is 1. The van der Waals surface area contributed by atoms with E-state index in [9.17, 15) is 4.79 Å². The zero-order valence-corrected chi connectivity index (χ0v) is 14.1. The Bertz CT molecular complexity index is 445. The maximum absolute atomic E-state index is 12.3. The van der Waals surface area contributed by atoms with Gasteiger partial charge in [-0.25, -0.2) is 0 Å².